The molecule has 20 heavy (non-hydrogen) atoms. The normalized spacial score (nSPS) is 38.5. The van der Waals surface area contributed by atoms with Gasteiger partial charge >= 0.3 is 0 Å². The maximum absolute atomic E-state index is 5.39. The van der Waals surface area contributed by atoms with Gasteiger partial charge in [-0.05, 0) is 62.7 Å². The Bertz CT molecular complexity index is 444. The molecule has 0 saturated heterocycles. The lowest BCUT2D eigenvalue weighted by atomic mass is 9.53. The van der Waals surface area contributed by atoms with E-state index < -0.39 is 0 Å². The van der Waals surface area contributed by atoms with Crippen LogP contribution in [0.25, 0.3) is 0 Å². The Labute approximate surface area is 121 Å². The molecular formula is C17H26N2O. The maximum Gasteiger partial charge on any atom is 0.137 e. The second-order valence-electron chi connectivity index (χ2n) is 7.59. The standard InChI is InChI=1S/C17H26N2O/c1-2-3-16-7-15(19-20-16)11-18-17-8-12-4-13(9-17)6-14(5-12)10-17/h7,12-14,18H,2-6,8-11H2,1H3. The van der Waals surface area contributed by atoms with Crippen molar-refractivity contribution in [3.8, 4) is 0 Å². The quantitative estimate of drug-likeness (QED) is 0.890. The third-order valence-electron chi connectivity index (χ3n) is 5.79. The van der Waals surface area contributed by atoms with E-state index in [1.807, 2.05) is 0 Å². The zero-order chi connectivity index (χ0) is 13.6. The molecule has 0 aliphatic heterocycles. The first kappa shape index (κ1) is 12.9. The third-order valence-corrected chi connectivity index (χ3v) is 5.79. The van der Waals surface area contributed by atoms with Crippen molar-refractivity contribution in [1.29, 1.82) is 0 Å². The summed E-state index contributed by atoms with van der Waals surface area (Å²) in [6.07, 6.45) is 10.8. The van der Waals surface area contributed by atoms with Crippen molar-refractivity contribution in [3.05, 3.63) is 17.5 Å². The van der Waals surface area contributed by atoms with Crippen molar-refractivity contribution in [2.75, 3.05) is 0 Å². The summed E-state index contributed by atoms with van der Waals surface area (Å²) in [4.78, 5) is 0. The summed E-state index contributed by atoms with van der Waals surface area (Å²) in [6, 6.07) is 2.14. The third kappa shape index (κ3) is 2.30. The Balaban J connectivity index is 1.41. The molecule has 1 N–H and O–H groups in total. The van der Waals surface area contributed by atoms with Crippen LogP contribution in [0, 0.1) is 17.8 Å². The van der Waals surface area contributed by atoms with Gasteiger partial charge in [0.15, 0.2) is 0 Å². The van der Waals surface area contributed by atoms with Gasteiger partial charge in [0.2, 0.25) is 0 Å². The van der Waals surface area contributed by atoms with E-state index in [0.29, 0.717) is 5.54 Å². The van der Waals surface area contributed by atoms with E-state index in [1.165, 1.54) is 38.5 Å². The van der Waals surface area contributed by atoms with Crippen LogP contribution >= 0.6 is 0 Å². The zero-order valence-electron chi connectivity index (χ0n) is 12.5. The molecule has 0 unspecified atom stereocenters. The van der Waals surface area contributed by atoms with Gasteiger partial charge in [0.1, 0.15) is 5.76 Å². The maximum atomic E-state index is 5.39. The van der Waals surface area contributed by atoms with Gasteiger partial charge in [0.05, 0.1) is 5.69 Å². The molecule has 1 aromatic heterocycles. The predicted octanol–water partition coefficient (Wildman–Crippen LogP) is 3.69. The summed E-state index contributed by atoms with van der Waals surface area (Å²) in [5.74, 6) is 4.04. The summed E-state index contributed by atoms with van der Waals surface area (Å²) in [5, 5.41) is 8.09. The van der Waals surface area contributed by atoms with Gasteiger partial charge in [-0.2, -0.15) is 0 Å². The SMILES string of the molecule is CCCc1cc(CNC23CC4CC(CC(C4)C2)C3)no1. The van der Waals surface area contributed by atoms with E-state index >= 15 is 0 Å². The van der Waals surface area contributed by atoms with Crippen LogP contribution in [0.4, 0.5) is 0 Å². The summed E-state index contributed by atoms with van der Waals surface area (Å²) in [7, 11) is 0. The van der Waals surface area contributed by atoms with Gasteiger partial charge in [-0.15, -0.1) is 0 Å². The molecule has 0 radical (unpaired) electrons. The molecule has 4 saturated carbocycles. The molecule has 4 aliphatic carbocycles. The molecule has 0 spiro atoms. The van der Waals surface area contributed by atoms with Crippen LogP contribution in [-0.2, 0) is 13.0 Å². The fourth-order valence-corrected chi connectivity index (χ4v) is 5.41. The minimum atomic E-state index is 0.429. The van der Waals surface area contributed by atoms with Crippen molar-refractivity contribution in [1.82, 2.24) is 10.5 Å². The van der Waals surface area contributed by atoms with Crippen LogP contribution < -0.4 is 5.32 Å². The molecule has 3 nitrogen and oxygen atoms in total. The van der Waals surface area contributed by atoms with Crippen molar-refractivity contribution in [2.45, 2.75) is 70.4 Å². The monoisotopic (exact) mass is 274 g/mol. The Hall–Kier alpha value is -0.830. The average Bonchev–Trinajstić information content (AvgIpc) is 2.83. The number of aromatic nitrogens is 1. The molecular weight excluding hydrogens is 248 g/mol. The molecule has 0 aromatic carbocycles. The van der Waals surface area contributed by atoms with Crippen LogP contribution in [0.2, 0.25) is 0 Å². The van der Waals surface area contributed by atoms with Crippen LogP contribution in [0.5, 0.6) is 0 Å². The van der Waals surface area contributed by atoms with Crippen LogP contribution in [0.1, 0.15) is 63.3 Å². The summed E-state index contributed by atoms with van der Waals surface area (Å²) < 4.78 is 5.39. The van der Waals surface area contributed by atoms with Crippen molar-refractivity contribution < 1.29 is 4.52 Å². The minimum absolute atomic E-state index is 0.429. The molecule has 4 aliphatic rings. The van der Waals surface area contributed by atoms with Crippen molar-refractivity contribution in [2.24, 2.45) is 17.8 Å². The van der Waals surface area contributed by atoms with Gasteiger partial charge in [0.25, 0.3) is 0 Å². The van der Waals surface area contributed by atoms with Gasteiger partial charge < -0.3 is 9.84 Å². The fourth-order valence-electron chi connectivity index (χ4n) is 5.41. The van der Waals surface area contributed by atoms with Crippen LogP contribution in [0.3, 0.4) is 0 Å². The van der Waals surface area contributed by atoms with E-state index in [4.69, 9.17) is 4.52 Å². The highest BCUT2D eigenvalue weighted by molar-refractivity contribution is 5.10. The first-order valence-corrected chi connectivity index (χ1v) is 8.44. The van der Waals surface area contributed by atoms with E-state index in [0.717, 1.165) is 48.6 Å². The second-order valence-corrected chi connectivity index (χ2v) is 7.59. The number of aryl methyl sites for hydroxylation is 1. The number of hydrogen-bond donors (Lipinski definition) is 1. The number of hydrogen-bond acceptors (Lipinski definition) is 3. The highest BCUT2D eigenvalue weighted by Crippen LogP contribution is 2.55. The molecule has 0 amide bonds. The number of nitrogens with one attached hydrogen (secondary N) is 1. The smallest absolute Gasteiger partial charge is 0.137 e. The second kappa shape index (κ2) is 4.87. The molecule has 1 heterocycles. The van der Waals surface area contributed by atoms with E-state index in [9.17, 15) is 0 Å². The lowest BCUT2D eigenvalue weighted by Gasteiger charge is -2.57. The molecule has 3 heteroatoms. The molecule has 0 atom stereocenters. The van der Waals surface area contributed by atoms with Gasteiger partial charge in [-0.1, -0.05) is 12.1 Å². The lowest BCUT2D eigenvalue weighted by molar-refractivity contribution is -0.0208. The average molecular weight is 274 g/mol. The largest absolute Gasteiger partial charge is 0.361 e. The first-order valence-electron chi connectivity index (χ1n) is 8.44. The number of nitrogens with zero attached hydrogens (tertiary/aromatic N) is 1. The van der Waals surface area contributed by atoms with Crippen LogP contribution in [-0.4, -0.2) is 10.7 Å². The molecule has 4 bridgehead atoms. The van der Waals surface area contributed by atoms with E-state index in [1.54, 1.807) is 0 Å². The highest BCUT2D eigenvalue weighted by Gasteiger charge is 2.50. The Morgan fingerprint density at radius 3 is 2.45 bits per heavy atom. The van der Waals surface area contributed by atoms with Gasteiger partial charge in [-0.25, -0.2) is 0 Å². The Kier molecular flexibility index (Phi) is 3.13. The molecule has 4 fully saturated rings. The highest BCUT2D eigenvalue weighted by atomic mass is 16.5. The molecule has 1 aromatic rings. The fraction of sp³-hybridized carbons (Fsp3) is 0.824. The first-order chi connectivity index (χ1) is 9.75. The summed E-state index contributed by atoms with van der Waals surface area (Å²) in [5.41, 5.74) is 1.52. The topological polar surface area (TPSA) is 38.1 Å². The molecule has 5 rings (SSSR count). The minimum Gasteiger partial charge on any atom is -0.361 e. The zero-order valence-corrected chi connectivity index (χ0v) is 12.5. The summed E-state index contributed by atoms with van der Waals surface area (Å²) in [6.45, 7) is 3.06. The molecule has 110 valence electrons. The Morgan fingerprint density at radius 2 is 1.85 bits per heavy atom. The number of rotatable bonds is 5. The van der Waals surface area contributed by atoms with E-state index in [-0.39, 0.29) is 0 Å². The summed E-state index contributed by atoms with van der Waals surface area (Å²) >= 11 is 0. The van der Waals surface area contributed by atoms with Crippen molar-refractivity contribution >= 4 is 0 Å². The van der Waals surface area contributed by atoms with Gasteiger partial charge in [0, 0.05) is 24.6 Å². The van der Waals surface area contributed by atoms with Gasteiger partial charge in [-0.3, -0.25) is 0 Å². The van der Waals surface area contributed by atoms with E-state index in [2.05, 4.69) is 23.5 Å². The van der Waals surface area contributed by atoms with Crippen molar-refractivity contribution in [3.63, 3.8) is 0 Å². The lowest BCUT2D eigenvalue weighted by Crippen LogP contribution is -2.58. The van der Waals surface area contributed by atoms with Crippen LogP contribution in [0.15, 0.2) is 10.6 Å². The predicted molar refractivity (Wildman–Crippen MR) is 78.2 cm³/mol. The Morgan fingerprint density at radius 1 is 1.20 bits per heavy atom.